The number of rotatable bonds is 5. The van der Waals surface area contributed by atoms with Crippen LogP contribution in [0.5, 0.6) is 0 Å². The van der Waals surface area contributed by atoms with E-state index in [9.17, 15) is 17.0 Å². The molecule has 0 aliphatic rings. The first kappa shape index (κ1) is 13.2. The third-order valence-electron chi connectivity index (χ3n) is 1.66. The molecule has 0 bridgehead atoms. The van der Waals surface area contributed by atoms with Gasteiger partial charge in [-0.05, 0) is 12.1 Å². The summed E-state index contributed by atoms with van der Waals surface area (Å²) < 4.78 is 49.0. The van der Waals surface area contributed by atoms with Crippen molar-refractivity contribution in [3.8, 4) is 0 Å². The van der Waals surface area contributed by atoms with E-state index < -0.39 is 31.7 Å². The largest absolute Gasteiger partial charge is 0.261 e. The highest BCUT2D eigenvalue weighted by Crippen LogP contribution is 2.08. The van der Waals surface area contributed by atoms with E-state index in [0.29, 0.717) is 0 Å². The third-order valence-corrected chi connectivity index (χ3v) is 3.83. The fourth-order valence-corrected chi connectivity index (χ4v) is 2.51. The predicted molar refractivity (Wildman–Crippen MR) is 58.3 cm³/mol. The molecule has 0 spiro atoms. The van der Waals surface area contributed by atoms with Crippen LogP contribution in [0.25, 0.3) is 0 Å². The van der Waals surface area contributed by atoms with E-state index in [1.165, 1.54) is 18.5 Å². The Balaban J connectivity index is 2.79. The molecule has 1 aromatic heterocycles. The molecule has 0 aliphatic heterocycles. The monoisotopic (exact) mass is 266 g/mol. The molecular weight excluding hydrogens is 255 g/mol. The van der Waals surface area contributed by atoms with Crippen molar-refractivity contribution in [1.82, 2.24) is 9.71 Å². The van der Waals surface area contributed by atoms with Crippen molar-refractivity contribution in [2.24, 2.45) is 0 Å². The van der Waals surface area contributed by atoms with Crippen molar-refractivity contribution >= 4 is 20.8 Å². The average Bonchev–Trinajstić information content (AvgIpc) is 2.17. The van der Waals surface area contributed by atoms with Crippen LogP contribution in [0, 0.1) is 5.82 Å². The highest BCUT2D eigenvalue weighted by Gasteiger charge is 2.19. The Bertz CT molecular complexity index is 490. The van der Waals surface area contributed by atoms with Crippen molar-refractivity contribution in [3.05, 3.63) is 24.1 Å². The van der Waals surface area contributed by atoms with Gasteiger partial charge in [0, 0.05) is 35.5 Å². The van der Waals surface area contributed by atoms with E-state index in [1.807, 2.05) is 0 Å². The summed E-state index contributed by atoms with van der Waals surface area (Å²) >= 11 is 0. The number of pyridine rings is 1. The number of hydrogen-bond donors (Lipinski definition) is 1. The van der Waals surface area contributed by atoms with Crippen LogP contribution in [0.2, 0.25) is 0 Å². The van der Waals surface area contributed by atoms with E-state index in [1.54, 1.807) is 0 Å². The molecule has 1 rings (SSSR count). The quantitative estimate of drug-likeness (QED) is 0.806. The van der Waals surface area contributed by atoms with Crippen LogP contribution < -0.4 is 4.72 Å². The molecule has 0 saturated carbocycles. The summed E-state index contributed by atoms with van der Waals surface area (Å²) in [5.74, 6) is -0.735. The Kier molecular flexibility index (Phi) is 4.51. The standard InChI is InChI=1S/C8H11FN2O3S2/c1-15(12)6-5-11-16(13,14)8-7(9)3-2-4-10-8/h2-4,11H,5-6H2,1H3. The van der Waals surface area contributed by atoms with Gasteiger partial charge in [0.25, 0.3) is 10.0 Å². The molecule has 8 heteroatoms. The van der Waals surface area contributed by atoms with E-state index in [0.717, 1.165) is 6.07 Å². The summed E-state index contributed by atoms with van der Waals surface area (Å²) in [6.45, 7) is -0.0124. The van der Waals surface area contributed by atoms with Gasteiger partial charge in [-0.15, -0.1) is 0 Å². The van der Waals surface area contributed by atoms with Crippen molar-refractivity contribution in [3.63, 3.8) is 0 Å². The Morgan fingerprint density at radius 3 is 2.81 bits per heavy atom. The predicted octanol–water partition coefficient (Wildman–Crippen LogP) is -0.122. The maximum absolute atomic E-state index is 13.1. The number of nitrogens with one attached hydrogen (secondary N) is 1. The minimum atomic E-state index is -3.96. The molecular formula is C8H11FN2O3S2. The highest BCUT2D eigenvalue weighted by molar-refractivity contribution is 7.89. The lowest BCUT2D eigenvalue weighted by molar-refractivity contribution is 0.546. The minimum Gasteiger partial charge on any atom is -0.260 e. The molecule has 5 nitrogen and oxygen atoms in total. The van der Waals surface area contributed by atoms with Gasteiger partial charge in [-0.2, -0.15) is 0 Å². The van der Waals surface area contributed by atoms with Crippen LogP contribution in [0.15, 0.2) is 23.4 Å². The van der Waals surface area contributed by atoms with Gasteiger partial charge in [0.2, 0.25) is 5.03 Å². The molecule has 0 radical (unpaired) electrons. The number of nitrogens with zero attached hydrogens (tertiary/aromatic N) is 1. The lowest BCUT2D eigenvalue weighted by Gasteiger charge is -2.05. The Hall–Kier alpha value is -0.860. The Morgan fingerprint density at radius 1 is 1.56 bits per heavy atom. The fraction of sp³-hybridized carbons (Fsp3) is 0.375. The average molecular weight is 266 g/mol. The zero-order valence-electron chi connectivity index (χ0n) is 8.51. The third kappa shape index (κ3) is 3.62. The fourth-order valence-electron chi connectivity index (χ4n) is 0.957. The van der Waals surface area contributed by atoms with Crippen LogP contribution in [0.1, 0.15) is 0 Å². The summed E-state index contributed by atoms with van der Waals surface area (Å²) in [7, 11) is -5.06. The van der Waals surface area contributed by atoms with Gasteiger partial charge >= 0.3 is 0 Å². The molecule has 0 amide bonds. The second kappa shape index (κ2) is 5.46. The Labute approximate surface area is 95.6 Å². The molecule has 0 saturated heterocycles. The van der Waals surface area contributed by atoms with Gasteiger partial charge in [0.15, 0.2) is 5.82 Å². The summed E-state index contributed by atoms with van der Waals surface area (Å²) in [4.78, 5) is 3.45. The smallest absolute Gasteiger partial charge is 0.260 e. The van der Waals surface area contributed by atoms with Gasteiger partial charge in [-0.1, -0.05) is 0 Å². The molecule has 1 unspecified atom stereocenters. The van der Waals surface area contributed by atoms with Crippen LogP contribution in [-0.4, -0.2) is 36.2 Å². The molecule has 0 aromatic carbocycles. The van der Waals surface area contributed by atoms with E-state index in [2.05, 4.69) is 9.71 Å². The molecule has 90 valence electrons. The summed E-state index contributed by atoms with van der Waals surface area (Å²) in [6.07, 6.45) is 2.64. The molecule has 1 N–H and O–H groups in total. The second-order valence-electron chi connectivity index (χ2n) is 2.97. The van der Waals surface area contributed by atoms with Crippen LogP contribution in [0.3, 0.4) is 0 Å². The molecule has 1 atom stereocenters. The molecule has 0 fully saturated rings. The molecule has 1 aromatic rings. The van der Waals surface area contributed by atoms with Gasteiger partial charge < -0.3 is 0 Å². The first-order valence-corrected chi connectivity index (χ1v) is 7.55. The highest BCUT2D eigenvalue weighted by atomic mass is 32.2. The van der Waals surface area contributed by atoms with E-state index >= 15 is 0 Å². The van der Waals surface area contributed by atoms with Gasteiger partial charge in [0.1, 0.15) is 0 Å². The lowest BCUT2D eigenvalue weighted by atomic mass is 10.5. The molecule has 0 aliphatic carbocycles. The summed E-state index contributed by atoms with van der Waals surface area (Å²) in [6, 6.07) is 2.31. The molecule has 16 heavy (non-hydrogen) atoms. The number of aromatic nitrogens is 1. The summed E-state index contributed by atoms with van der Waals surface area (Å²) in [5, 5.41) is -0.642. The van der Waals surface area contributed by atoms with E-state index in [4.69, 9.17) is 0 Å². The zero-order chi connectivity index (χ0) is 12.2. The normalized spacial score (nSPS) is 13.6. The number of hydrogen-bond acceptors (Lipinski definition) is 4. The maximum Gasteiger partial charge on any atom is 0.261 e. The summed E-state index contributed by atoms with van der Waals surface area (Å²) in [5.41, 5.74) is 0. The van der Waals surface area contributed by atoms with Gasteiger partial charge in [-0.25, -0.2) is 22.5 Å². The van der Waals surface area contributed by atoms with Crippen LogP contribution in [-0.2, 0) is 20.8 Å². The maximum atomic E-state index is 13.1. The first-order valence-electron chi connectivity index (χ1n) is 4.33. The minimum absolute atomic E-state index is 0.0124. The van der Waals surface area contributed by atoms with Crippen molar-refractivity contribution in [1.29, 1.82) is 0 Å². The number of halogens is 1. The SMILES string of the molecule is CS(=O)CCNS(=O)(=O)c1ncccc1F. The van der Waals surface area contributed by atoms with Gasteiger partial charge in [0.05, 0.1) is 0 Å². The van der Waals surface area contributed by atoms with Crippen molar-refractivity contribution in [2.75, 3.05) is 18.6 Å². The Morgan fingerprint density at radius 2 is 2.25 bits per heavy atom. The topological polar surface area (TPSA) is 76.1 Å². The van der Waals surface area contributed by atoms with Gasteiger partial charge in [-0.3, -0.25) is 4.21 Å². The lowest BCUT2D eigenvalue weighted by Crippen LogP contribution is -2.29. The molecule has 1 heterocycles. The zero-order valence-corrected chi connectivity index (χ0v) is 10.1. The number of sulfonamides is 1. The van der Waals surface area contributed by atoms with Crippen LogP contribution in [0.4, 0.5) is 4.39 Å². The van der Waals surface area contributed by atoms with E-state index in [-0.39, 0.29) is 12.3 Å². The second-order valence-corrected chi connectivity index (χ2v) is 6.20. The van der Waals surface area contributed by atoms with Crippen LogP contribution >= 0.6 is 0 Å². The first-order chi connectivity index (χ1) is 7.43. The van der Waals surface area contributed by atoms with Crippen molar-refractivity contribution in [2.45, 2.75) is 5.03 Å². The van der Waals surface area contributed by atoms with Crippen molar-refractivity contribution < 1.29 is 17.0 Å².